The summed E-state index contributed by atoms with van der Waals surface area (Å²) in [6.07, 6.45) is 0. The Labute approximate surface area is 210 Å². The van der Waals surface area contributed by atoms with Gasteiger partial charge in [-0.15, -0.1) is 0 Å². The normalized spacial score (nSPS) is 13.7. The minimum atomic E-state index is -0.137. The van der Waals surface area contributed by atoms with Crippen LogP contribution in [0.3, 0.4) is 0 Å². The molecule has 5 rings (SSSR count). The number of ether oxygens (including phenoxy) is 2. The first kappa shape index (κ1) is 23.5. The molecule has 1 aliphatic heterocycles. The zero-order chi connectivity index (χ0) is 25.2. The predicted octanol–water partition coefficient (Wildman–Crippen LogP) is 5.22. The van der Waals surface area contributed by atoms with Crippen LogP contribution >= 0.6 is 0 Å². The maximum absolute atomic E-state index is 13.0. The number of amides is 2. The Balaban J connectivity index is 1.29. The number of urea groups is 1. The fourth-order valence-corrected chi connectivity index (χ4v) is 4.73. The zero-order valence-electron chi connectivity index (χ0n) is 21.1. The Morgan fingerprint density at radius 3 is 2.53 bits per heavy atom. The number of aromatic amines is 1. The van der Waals surface area contributed by atoms with Crippen molar-refractivity contribution in [1.29, 1.82) is 0 Å². The van der Waals surface area contributed by atoms with Crippen molar-refractivity contribution in [3.8, 4) is 22.6 Å². The summed E-state index contributed by atoms with van der Waals surface area (Å²) in [6, 6.07) is 17.9. The molecule has 2 amide bonds. The number of aromatic nitrogens is 2. The van der Waals surface area contributed by atoms with E-state index in [4.69, 9.17) is 9.47 Å². The molecule has 3 aromatic carbocycles. The van der Waals surface area contributed by atoms with Gasteiger partial charge >= 0.3 is 6.03 Å². The standard InChI is InChI=1S/C28H31N5O3/c1-18-6-5-7-25(19(18)2)32-12-14-33(15-13-32)28(34)29-27-22-10-8-20(16-24(22)30-31-27)23-17-21(35-3)9-11-26(23)36-4/h5-11,16-17H,12-15H2,1-4H3,(H2,29,30,31,34). The lowest BCUT2D eigenvalue weighted by molar-refractivity contribution is 0.208. The van der Waals surface area contributed by atoms with E-state index in [1.807, 2.05) is 41.3 Å². The van der Waals surface area contributed by atoms with Crippen molar-refractivity contribution in [1.82, 2.24) is 15.1 Å². The van der Waals surface area contributed by atoms with E-state index in [1.165, 1.54) is 16.8 Å². The van der Waals surface area contributed by atoms with Gasteiger partial charge in [-0.1, -0.05) is 18.2 Å². The molecule has 0 radical (unpaired) electrons. The van der Waals surface area contributed by atoms with Crippen molar-refractivity contribution in [3.05, 3.63) is 65.7 Å². The Kier molecular flexibility index (Phi) is 6.41. The summed E-state index contributed by atoms with van der Waals surface area (Å²) in [6.45, 7) is 7.19. The number of hydrogen-bond donors (Lipinski definition) is 2. The lowest BCUT2D eigenvalue weighted by Crippen LogP contribution is -2.50. The summed E-state index contributed by atoms with van der Waals surface area (Å²) in [5.41, 5.74) is 6.53. The van der Waals surface area contributed by atoms with Crippen molar-refractivity contribution in [2.75, 3.05) is 50.6 Å². The largest absolute Gasteiger partial charge is 0.497 e. The van der Waals surface area contributed by atoms with Gasteiger partial charge in [0.25, 0.3) is 0 Å². The Morgan fingerprint density at radius 2 is 1.78 bits per heavy atom. The van der Waals surface area contributed by atoms with Gasteiger partial charge in [-0.05, 0) is 66.9 Å². The molecule has 0 atom stereocenters. The maximum Gasteiger partial charge on any atom is 0.323 e. The molecule has 0 spiro atoms. The molecule has 0 aliphatic carbocycles. The van der Waals surface area contributed by atoms with Crippen molar-refractivity contribution in [2.24, 2.45) is 0 Å². The SMILES string of the molecule is COc1ccc(OC)c(-c2ccc3c(NC(=O)N4CCN(c5cccc(C)c5C)CC4)n[nH]c3c2)c1. The van der Waals surface area contributed by atoms with Gasteiger partial charge in [-0.3, -0.25) is 10.4 Å². The molecule has 1 aliphatic rings. The molecule has 1 fully saturated rings. The van der Waals surface area contributed by atoms with Gasteiger partial charge in [-0.25, -0.2) is 4.79 Å². The first-order valence-electron chi connectivity index (χ1n) is 12.1. The van der Waals surface area contributed by atoms with Gasteiger partial charge in [0.1, 0.15) is 11.5 Å². The molecule has 186 valence electrons. The van der Waals surface area contributed by atoms with Gasteiger partial charge in [-0.2, -0.15) is 5.10 Å². The summed E-state index contributed by atoms with van der Waals surface area (Å²) in [5, 5.41) is 11.3. The quantitative estimate of drug-likeness (QED) is 0.405. The molecule has 1 saturated heterocycles. The molecule has 1 aromatic heterocycles. The second-order valence-corrected chi connectivity index (χ2v) is 9.02. The van der Waals surface area contributed by atoms with Crippen LogP contribution in [-0.2, 0) is 0 Å². The number of carbonyl (C=O) groups excluding carboxylic acids is 1. The lowest BCUT2D eigenvalue weighted by atomic mass is 10.0. The third kappa shape index (κ3) is 4.42. The van der Waals surface area contributed by atoms with E-state index < -0.39 is 0 Å². The van der Waals surface area contributed by atoms with Gasteiger partial charge in [0.2, 0.25) is 0 Å². The summed E-state index contributed by atoms with van der Waals surface area (Å²) in [4.78, 5) is 17.2. The highest BCUT2D eigenvalue weighted by molar-refractivity contribution is 6.00. The Bertz CT molecular complexity index is 1410. The highest BCUT2D eigenvalue weighted by atomic mass is 16.5. The van der Waals surface area contributed by atoms with E-state index in [1.54, 1.807) is 14.2 Å². The number of hydrogen-bond acceptors (Lipinski definition) is 5. The molecular weight excluding hydrogens is 454 g/mol. The molecule has 4 aromatic rings. The van der Waals surface area contributed by atoms with Gasteiger partial charge < -0.3 is 19.3 Å². The second kappa shape index (κ2) is 9.81. The van der Waals surface area contributed by atoms with E-state index in [0.29, 0.717) is 18.9 Å². The smallest absolute Gasteiger partial charge is 0.323 e. The summed E-state index contributed by atoms with van der Waals surface area (Å²) in [7, 11) is 3.29. The van der Waals surface area contributed by atoms with Crippen LogP contribution in [0.4, 0.5) is 16.3 Å². The number of fused-ring (bicyclic) bond motifs is 1. The van der Waals surface area contributed by atoms with E-state index in [9.17, 15) is 4.79 Å². The van der Waals surface area contributed by atoms with E-state index >= 15 is 0 Å². The third-order valence-electron chi connectivity index (χ3n) is 6.99. The predicted molar refractivity (Wildman–Crippen MR) is 143 cm³/mol. The Morgan fingerprint density at radius 1 is 0.972 bits per heavy atom. The molecule has 8 heteroatoms. The molecule has 36 heavy (non-hydrogen) atoms. The number of nitrogens with zero attached hydrogens (tertiary/aromatic N) is 3. The number of piperazine rings is 1. The molecule has 0 unspecified atom stereocenters. The zero-order valence-corrected chi connectivity index (χ0v) is 21.1. The highest BCUT2D eigenvalue weighted by Gasteiger charge is 2.23. The van der Waals surface area contributed by atoms with Crippen LogP contribution in [0.2, 0.25) is 0 Å². The van der Waals surface area contributed by atoms with Crippen LogP contribution in [0.25, 0.3) is 22.0 Å². The molecule has 8 nitrogen and oxygen atoms in total. The molecular formula is C28H31N5O3. The molecule has 2 N–H and O–H groups in total. The van der Waals surface area contributed by atoms with Gasteiger partial charge in [0.15, 0.2) is 5.82 Å². The summed E-state index contributed by atoms with van der Waals surface area (Å²) >= 11 is 0. The van der Waals surface area contributed by atoms with Gasteiger partial charge in [0.05, 0.1) is 19.7 Å². The maximum atomic E-state index is 13.0. The van der Waals surface area contributed by atoms with Crippen molar-refractivity contribution in [3.63, 3.8) is 0 Å². The van der Waals surface area contributed by atoms with E-state index in [2.05, 4.69) is 52.5 Å². The molecule has 0 bridgehead atoms. The van der Waals surface area contributed by atoms with Crippen LogP contribution in [0.5, 0.6) is 11.5 Å². The average Bonchev–Trinajstić information content (AvgIpc) is 3.31. The lowest BCUT2D eigenvalue weighted by Gasteiger charge is -2.36. The topological polar surface area (TPSA) is 82.7 Å². The van der Waals surface area contributed by atoms with E-state index in [-0.39, 0.29) is 6.03 Å². The number of methoxy groups -OCH3 is 2. The van der Waals surface area contributed by atoms with Crippen LogP contribution in [0.1, 0.15) is 11.1 Å². The van der Waals surface area contributed by atoms with E-state index in [0.717, 1.165) is 46.6 Å². The fourth-order valence-electron chi connectivity index (χ4n) is 4.73. The minimum absolute atomic E-state index is 0.137. The third-order valence-corrected chi connectivity index (χ3v) is 6.99. The number of benzene rings is 3. The number of rotatable bonds is 5. The Hall–Kier alpha value is -4.20. The monoisotopic (exact) mass is 485 g/mol. The number of H-pyrrole nitrogens is 1. The van der Waals surface area contributed by atoms with Crippen molar-refractivity contribution in [2.45, 2.75) is 13.8 Å². The van der Waals surface area contributed by atoms with Crippen LogP contribution < -0.4 is 19.7 Å². The van der Waals surface area contributed by atoms with Crippen LogP contribution in [-0.4, -0.2) is 61.5 Å². The average molecular weight is 486 g/mol. The summed E-state index contributed by atoms with van der Waals surface area (Å²) in [5.74, 6) is 2.03. The number of nitrogens with one attached hydrogen (secondary N) is 2. The van der Waals surface area contributed by atoms with Crippen molar-refractivity contribution >= 4 is 28.4 Å². The number of carbonyl (C=O) groups is 1. The fraction of sp³-hybridized carbons (Fsp3) is 0.286. The van der Waals surface area contributed by atoms with Crippen molar-refractivity contribution < 1.29 is 14.3 Å². The number of aryl methyl sites for hydroxylation is 1. The second-order valence-electron chi connectivity index (χ2n) is 9.02. The first-order chi connectivity index (χ1) is 17.5. The molecule has 0 saturated carbocycles. The van der Waals surface area contributed by atoms with Gasteiger partial charge in [0, 0.05) is 42.8 Å². The minimum Gasteiger partial charge on any atom is -0.497 e. The molecule has 2 heterocycles. The highest BCUT2D eigenvalue weighted by Crippen LogP contribution is 2.35. The number of anilines is 2. The van der Waals surface area contributed by atoms with Crippen LogP contribution in [0, 0.1) is 13.8 Å². The van der Waals surface area contributed by atoms with Crippen LogP contribution in [0.15, 0.2) is 54.6 Å². The summed E-state index contributed by atoms with van der Waals surface area (Å²) < 4.78 is 10.9. The first-order valence-corrected chi connectivity index (χ1v) is 12.1.